The summed E-state index contributed by atoms with van der Waals surface area (Å²) in [7, 11) is 1.79. The standard InChI is InChI=1S/C23H20ClF3N2O/c1-29(15-16-8-4-2-5-9-16)21(17-10-6-3-7-11-17)22(30)28-20-14-18(23(25,26)27)12-13-19(20)24/h2-14,21H,15H2,1H3,(H,28,30)/t21-/m0/s1. The first-order valence-electron chi connectivity index (χ1n) is 9.22. The van der Waals surface area contributed by atoms with Crippen molar-refractivity contribution in [3.05, 3.63) is 101 Å². The zero-order valence-corrected chi connectivity index (χ0v) is 16.9. The lowest BCUT2D eigenvalue weighted by Crippen LogP contribution is -2.34. The van der Waals surface area contributed by atoms with Gasteiger partial charge in [-0.3, -0.25) is 9.69 Å². The van der Waals surface area contributed by atoms with Crippen LogP contribution in [0.3, 0.4) is 0 Å². The molecule has 0 aliphatic carbocycles. The van der Waals surface area contributed by atoms with Crippen LogP contribution in [0.1, 0.15) is 22.7 Å². The molecule has 0 radical (unpaired) electrons. The van der Waals surface area contributed by atoms with Crippen molar-refractivity contribution >= 4 is 23.2 Å². The third-order valence-electron chi connectivity index (χ3n) is 4.63. The molecule has 0 aliphatic heterocycles. The van der Waals surface area contributed by atoms with Crippen LogP contribution in [0.2, 0.25) is 5.02 Å². The number of likely N-dealkylation sites (N-methyl/N-ethyl adjacent to an activating group) is 1. The Kier molecular flexibility index (Phi) is 6.80. The molecule has 3 aromatic carbocycles. The Hall–Kier alpha value is -2.83. The number of carbonyl (C=O) groups is 1. The number of alkyl halides is 3. The zero-order valence-electron chi connectivity index (χ0n) is 16.2. The Morgan fingerprint density at radius 3 is 2.20 bits per heavy atom. The summed E-state index contributed by atoms with van der Waals surface area (Å²) in [6.07, 6.45) is -4.53. The molecule has 0 spiro atoms. The molecule has 0 fully saturated rings. The smallest absolute Gasteiger partial charge is 0.323 e. The maximum Gasteiger partial charge on any atom is 0.416 e. The Bertz CT molecular complexity index is 994. The van der Waals surface area contributed by atoms with Crippen molar-refractivity contribution < 1.29 is 18.0 Å². The minimum Gasteiger partial charge on any atom is -0.323 e. The van der Waals surface area contributed by atoms with Gasteiger partial charge in [0.15, 0.2) is 0 Å². The van der Waals surface area contributed by atoms with Gasteiger partial charge in [0, 0.05) is 6.54 Å². The molecule has 3 aromatic rings. The van der Waals surface area contributed by atoms with E-state index in [9.17, 15) is 18.0 Å². The fourth-order valence-corrected chi connectivity index (χ4v) is 3.37. The van der Waals surface area contributed by atoms with Crippen LogP contribution in [-0.2, 0) is 17.5 Å². The molecule has 0 saturated heterocycles. The molecule has 3 nitrogen and oxygen atoms in total. The Labute approximate surface area is 178 Å². The van der Waals surface area contributed by atoms with Crippen molar-refractivity contribution in [2.45, 2.75) is 18.8 Å². The summed E-state index contributed by atoms with van der Waals surface area (Å²) in [5.41, 5.74) is 0.768. The minimum atomic E-state index is -4.53. The normalized spacial score (nSPS) is 12.6. The summed E-state index contributed by atoms with van der Waals surface area (Å²) < 4.78 is 39.2. The van der Waals surface area contributed by atoms with Crippen molar-refractivity contribution in [3.63, 3.8) is 0 Å². The van der Waals surface area contributed by atoms with Gasteiger partial charge in [0.2, 0.25) is 5.91 Å². The van der Waals surface area contributed by atoms with E-state index >= 15 is 0 Å². The van der Waals surface area contributed by atoms with Gasteiger partial charge in [-0.15, -0.1) is 0 Å². The van der Waals surface area contributed by atoms with E-state index in [2.05, 4.69) is 5.32 Å². The topological polar surface area (TPSA) is 32.3 Å². The summed E-state index contributed by atoms with van der Waals surface area (Å²) in [5, 5.41) is 2.61. The predicted octanol–water partition coefficient (Wildman–Crippen LogP) is 6.17. The molecule has 30 heavy (non-hydrogen) atoms. The molecule has 3 rings (SSSR count). The summed E-state index contributed by atoms with van der Waals surface area (Å²) in [6, 6.07) is 20.8. The van der Waals surface area contributed by atoms with Crippen molar-refractivity contribution in [2.24, 2.45) is 0 Å². The highest BCUT2D eigenvalue weighted by Crippen LogP contribution is 2.34. The molecule has 1 N–H and O–H groups in total. The first-order valence-corrected chi connectivity index (χ1v) is 9.60. The molecule has 156 valence electrons. The summed E-state index contributed by atoms with van der Waals surface area (Å²) >= 11 is 6.05. The van der Waals surface area contributed by atoms with Crippen molar-refractivity contribution in [1.82, 2.24) is 4.90 Å². The van der Waals surface area contributed by atoms with Crippen molar-refractivity contribution in [3.8, 4) is 0 Å². The molecule has 1 atom stereocenters. The number of amides is 1. The number of hydrogen-bond donors (Lipinski definition) is 1. The van der Waals surface area contributed by atoms with Gasteiger partial charge in [0.05, 0.1) is 16.3 Å². The fraction of sp³-hybridized carbons (Fsp3) is 0.174. The van der Waals surface area contributed by atoms with Gasteiger partial charge < -0.3 is 5.32 Å². The summed E-state index contributed by atoms with van der Waals surface area (Å²) in [6.45, 7) is 0.476. The van der Waals surface area contributed by atoms with Gasteiger partial charge in [0.1, 0.15) is 6.04 Å². The molecular weight excluding hydrogens is 413 g/mol. The second kappa shape index (κ2) is 9.32. The van der Waals surface area contributed by atoms with E-state index in [1.54, 1.807) is 19.2 Å². The van der Waals surface area contributed by atoms with Crippen LogP contribution in [0.15, 0.2) is 78.9 Å². The van der Waals surface area contributed by atoms with Gasteiger partial charge in [-0.25, -0.2) is 0 Å². The van der Waals surface area contributed by atoms with Crippen molar-refractivity contribution in [1.29, 1.82) is 0 Å². The maximum atomic E-state index is 13.2. The molecular formula is C23H20ClF3N2O. The van der Waals surface area contributed by atoms with Crippen LogP contribution in [-0.4, -0.2) is 17.9 Å². The molecule has 7 heteroatoms. The van der Waals surface area contributed by atoms with Crippen LogP contribution in [0, 0.1) is 0 Å². The quantitative estimate of drug-likeness (QED) is 0.505. The highest BCUT2D eigenvalue weighted by Gasteiger charge is 2.32. The third-order valence-corrected chi connectivity index (χ3v) is 4.96. The molecule has 1 amide bonds. The lowest BCUT2D eigenvalue weighted by Gasteiger charge is -2.28. The highest BCUT2D eigenvalue weighted by atomic mass is 35.5. The number of hydrogen-bond acceptors (Lipinski definition) is 2. The number of nitrogens with one attached hydrogen (secondary N) is 1. The molecule has 0 saturated carbocycles. The predicted molar refractivity (Wildman–Crippen MR) is 112 cm³/mol. The number of nitrogens with zero attached hydrogens (tertiary/aromatic N) is 1. The van der Waals surface area contributed by atoms with E-state index in [-0.39, 0.29) is 10.7 Å². The van der Waals surface area contributed by atoms with E-state index in [1.165, 1.54) is 0 Å². The number of anilines is 1. The van der Waals surface area contributed by atoms with Crippen LogP contribution in [0.25, 0.3) is 0 Å². The SMILES string of the molecule is CN(Cc1ccccc1)[C@H](C(=O)Nc1cc(C(F)(F)F)ccc1Cl)c1ccccc1. The zero-order chi connectivity index (χ0) is 21.7. The number of carbonyl (C=O) groups excluding carboxylic acids is 1. The molecule has 0 heterocycles. The Morgan fingerprint density at radius 2 is 1.60 bits per heavy atom. The lowest BCUT2D eigenvalue weighted by molar-refractivity contribution is -0.137. The number of halogens is 4. The van der Waals surface area contributed by atoms with Crippen LogP contribution in [0.5, 0.6) is 0 Å². The monoisotopic (exact) mass is 432 g/mol. The Balaban J connectivity index is 1.90. The van der Waals surface area contributed by atoms with Gasteiger partial charge in [-0.1, -0.05) is 72.3 Å². The second-order valence-electron chi connectivity index (χ2n) is 6.90. The summed E-state index contributed by atoms with van der Waals surface area (Å²) in [4.78, 5) is 15.0. The van der Waals surface area contributed by atoms with Crippen molar-refractivity contribution in [2.75, 3.05) is 12.4 Å². The first kappa shape index (κ1) is 21.9. The van der Waals surface area contributed by atoms with Gasteiger partial charge >= 0.3 is 6.18 Å². The van der Waals surface area contributed by atoms with E-state index in [1.807, 2.05) is 53.4 Å². The van der Waals surface area contributed by atoms with E-state index < -0.39 is 23.7 Å². The highest BCUT2D eigenvalue weighted by molar-refractivity contribution is 6.33. The molecule has 0 bridgehead atoms. The van der Waals surface area contributed by atoms with E-state index in [4.69, 9.17) is 11.6 Å². The maximum absolute atomic E-state index is 13.2. The van der Waals surface area contributed by atoms with E-state index in [0.717, 1.165) is 29.3 Å². The van der Waals surface area contributed by atoms with Gasteiger partial charge in [-0.05, 0) is 36.4 Å². The third kappa shape index (κ3) is 5.40. The van der Waals surface area contributed by atoms with E-state index in [0.29, 0.717) is 6.54 Å². The second-order valence-corrected chi connectivity index (χ2v) is 7.30. The Morgan fingerprint density at radius 1 is 1.00 bits per heavy atom. The fourth-order valence-electron chi connectivity index (χ4n) is 3.20. The van der Waals surface area contributed by atoms with Crippen LogP contribution >= 0.6 is 11.6 Å². The van der Waals surface area contributed by atoms with Gasteiger partial charge in [-0.2, -0.15) is 13.2 Å². The molecule has 0 unspecified atom stereocenters. The lowest BCUT2D eigenvalue weighted by atomic mass is 10.0. The minimum absolute atomic E-state index is 0.0360. The first-order chi connectivity index (χ1) is 14.3. The molecule has 0 aliphatic rings. The number of benzene rings is 3. The number of rotatable bonds is 6. The average Bonchev–Trinajstić information content (AvgIpc) is 2.70. The molecule has 0 aromatic heterocycles. The van der Waals surface area contributed by atoms with Crippen LogP contribution < -0.4 is 5.32 Å². The van der Waals surface area contributed by atoms with Crippen LogP contribution in [0.4, 0.5) is 18.9 Å². The largest absolute Gasteiger partial charge is 0.416 e. The summed E-state index contributed by atoms with van der Waals surface area (Å²) in [5.74, 6) is -0.471. The van der Waals surface area contributed by atoms with Gasteiger partial charge in [0.25, 0.3) is 0 Å². The average molecular weight is 433 g/mol.